The van der Waals surface area contributed by atoms with Crippen molar-refractivity contribution in [1.29, 1.82) is 0 Å². The van der Waals surface area contributed by atoms with Gasteiger partial charge in [-0.3, -0.25) is 9.59 Å². The number of carbonyl (C=O) groups excluding carboxylic acids is 2. The standard InChI is InChI=1S/C20H30N2O2/c1-16-8-7-9-18(14-16)15-22(17(2)23)13-12-20(24)21-19-10-5-3-4-6-11-19/h7-9,14,19H,3-6,10-13,15H2,1-2H3,(H,21,24). The second-order valence-electron chi connectivity index (χ2n) is 6.94. The minimum absolute atomic E-state index is 0.0128. The van der Waals surface area contributed by atoms with E-state index in [4.69, 9.17) is 0 Å². The normalized spacial score (nSPS) is 15.6. The number of hydrogen-bond donors (Lipinski definition) is 1. The molecular weight excluding hydrogens is 300 g/mol. The Kier molecular flexibility index (Phi) is 7.29. The van der Waals surface area contributed by atoms with Crippen LogP contribution in [0.2, 0.25) is 0 Å². The van der Waals surface area contributed by atoms with Crippen LogP contribution in [0.25, 0.3) is 0 Å². The first-order chi connectivity index (χ1) is 11.5. The van der Waals surface area contributed by atoms with Gasteiger partial charge in [-0.25, -0.2) is 0 Å². The quantitative estimate of drug-likeness (QED) is 0.811. The summed E-state index contributed by atoms with van der Waals surface area (Å²) >= 11 is 0. The third-order valence-electron chi connectivity index (χ3n) is 4.73. The van der Waals surface area contributed by atoms with Gasteiger partial charge in [-0.15, -0.1) is 0 Å². The molecule has 1 aromatic carbocycles. The SMILES string of the molecule is CC(=O)N(CCC(=O)NC1CCCCCC1)Cc1cccc(C)c1. The summed E-state index contributed by atoms with van der Waals surface area (Å²) in [5, 5.41) is 3.15. The van der Waals surface area contributed by atoms with Crippen molar-refractivity contribution >= 4 is 11.8 Å². The predicted octanol–water partition coefficient (Wildman–Crippen LogP) is 3.57. The summed E-state index contributed by atoms with van der Waals surface area (Å²) in [6.07, 6.45) is 7.52. The average molecular weight is 330 g/mol. The summed E-state index contributed by atoms with van der Waals surface area (Å²) in [5.41, 5.74) is 2.29. The average Bonchev–Trinajstić information content (AvgIpc) is 2.80. The van der Waals surface area contributed by atoms with Crippen molar-refractivity contribution in [3.05, 3.63) is 35.4 Å². The summed E-state index contributed by atoms with van der Waals surface area (Å²) in [6, 6.07) is 8.47. The number of aryl methyl sites for hydroxylation is 1. The molecule has 0 heterocycles. The van der Waals surface area contributed by atoms with E-state index in [1.807, 2.05) is 25.1 Å². The van der Waals surface area contributed by atoms with Crippen LogP contribution >= 0.6 is 0 Å². The minimum atomic E-state index is 0.0128. The fourth-order valence-electron chi connectivity index (χ4n) is 3.34. The molecule has 0 saturated heterocycles. The first-order valence-electron chi connectivity index (χ1n) is 9.15. The summed E-state index contributed by atoms with van der Waals surface area (Å²) < 4.78 is 0. The number of amides is 2. The highest BCUT2D eigenvalue weighted by Gasteiger charge is 2.16. The maximum atomic E-state index is 12.2. The summed E-state index contributed by atoms with van der Waals surface area (Å²) in [7, 11) is 0. The number of hydrogen-bond acceptors (Lipinski definition) is 2. The van der Waals surface area contributed by atoms with Gasteiger partial charge in [0.1, 0.15) is 0 Å². The van der Waals surface area contributed by atoms with E-state index in [1.165, 1.54) is 31.2 Å². The number of nitrogens with zero attached hydrogens (tertiary/aromatic N) is 1. The monoisotopic (exact) mass is 330 g/mol. The van der Waals surface area contributed by atoms with E-state index in [0.717, 1.165) is 18.4 Å². The molecule has 4 nitrogen and oxygen atoms in total. The van der Waals surface area contributed by atoms with Gasteiger partial charge in [0.25, 0.3) is 0 Å². The van der Waals surface area contributed by atoms with Crippen LogP contribution in [0.3, 0.4) is 0 Å². The minimum Gasteiger partial charge on any atom is -0.353 e. The van der Waals surface area contributed by atoms with Crippen LogP contribution < -0.4 is 5.32 Å². The molecule has 0 aliphatic heterocycles. The van der Waals surface area contributed by atoms with Crippen LogP contribution in [0, 0.1) is 6.92 Å². The lowest BCUT2D eigenvalue weighted by Gasteiger charge is -2.22. The van der Waals surface area contributed by atoms with Crippen LogP contribution in [0.4, 0.5) is 0 Å². The highest BCUT2D eigenvalue weighted by molar-refractivity contribution is 5.78. The molecule has 0 radical (unpaired) electrons. The Morgan fingerprint density at radius 1 is 1.17 bits per heavy atom. The summed E-state index contributed by atoms with van der Waals surface area (Å²) in [6.45, 7) is 4.65. The van der Waals surface area contributed by atoms with E-state index in [2.05, 4.69) is 11.4 Å². The van der Waals surface area contributed by atoms with E-state index >= 15 is 0 Å². The van der Waals surface area contributed by atoms with E-state index in [0.29, 0.717) is 25.6 Å². The third-order valence-corrected chi connectivity index (χ3v) is 4.73. The lowest BCUT2D eigenvalue weighted by atomic mass is 10.1. The lowest BCUT2D eigenvalue weighted by Crippen LogP contribution is -2.37. The Labute approximate surface area is 145 Å². The summed E-state index contributed by atoms with van der Waals surface area (Å²) in [5.74, 6) is 0.0798. The van der Waals surface area contributed by atoms with Crippen LogP contribution in [0.1, 0.15) is 63.0 Å². The first-order valence-corrected chi connectivity index (χ1v) is 9.15. The van der Waals surface area contributed by atoms with Crippen molar-refractivity contribution in [3.63, 3.8) is 0 Å². The molecule has 0 spiro atoms. The molecule has 2 amide bonds. The maximum absolute atomic E-state index is 12.2. The topological polar surface area (TPSA) is 49.4 Å². The van der Waals surface area contributed by atoms with E-state index in [1.54, 1.807) is 11.8 Å². The number of nitrogens with one attached hydrogen (secondary N) is 1. The molecule has 0 unspecified atom stereocenters. The zero-order chi connectivity index (χ0) is 17.4. The van der Waals surface area contributed by atoms with Gasteiger partial charge in [0.2, 0.25) is 11.8 Å². The molecule has 1 fully saturated rings. The largest absolute Gasteiger partial charge is 0.353 e. The third kappa shape index (κ3) is 6.34. The van der Waals surface area contributed by atoms with E-state index in [-0.39, 0.29) is 11.8 Å². The van der Waals surface area contributed by atoms with Crippen molar-refractivity contribution in [2.24, 2.45) is 0 Å². The lowest BCUT2D eigenvalue weighted by molar-refractivity contribution is -0.130. The molecule has 0 bridgehead atoms. The highest BCUT2D eigenvalue weighted by Crippen LogP contribution is 2.17. The smallest absolute Gasteiger partial charge is 0.221 e. The first kappa shape index (κ1) is 18.5. The van der Waals surface area contributed by atoms with Gasteiger partial charge in [-0.2, -0.15) is 0 Å². The van der Waals surface area contributed by atoms with Crippen molar-refractivity contribution in [2.75, 3.05) is 6.54 Å². The molecule has 132 valence electrons. The highest BCUT2D eigenvalue weighted by atomic mass is 16.2. The Balaban J connectivity index is 1.82. The van der Waals surface area contributed by atoms with Gasteiger partial charge < -0.3 is 10.2 Å². The predicted molar refractivity (Wildman–Crippen MR) is 96.5 cm³/mol. The van der Waals surface area contributed by atoms with Crippen LogP contribution in [0.15, 0.2) is 24.3 Å². The van der Waals surface area contributed by atoms with E-state index in [9.17, 15) is 9.59 Å². The van der Waals surface area contributed by atoms with Crippen molar-refractivity contribution in [1.82, 2.24) is 10.2 Å². The second kappa shape index (κ2) is 9.45. The molecule has 1 aromatic rings. The Hall–Kier alpha value is -1.84. The van der Waals surface area contributed by atoms with Crippen molar-refractivity contribution < 1.29 is 9.59 Å². The van der Waals surface area contributed by atoms with Gasteiger partial charge in [0, 0.05) is 32.5 Å². The maximum Gasteiger partial charge on any atom is 0.221 e. The van der Waals surface area contributed by atoms with Gasteiger partial charge in [-0.1, -0.05) is 55.5 Å². The van der Waals surface area contributed by atoms with Crippen molar-refractivity contribution in [3.8, 4) is 0 Å². The Morgan fingerprint density at radius 2 is 1.88 bits per heavy atom. The van der Waals surface area contributed by atoms with Gasteiger partial charge in [-0.05, 0) is 25.3 Å². The Bertz CT molecular complexity index is 548. The summed E-state index contributed by atoms with van der Waals surface area (Å²) in [4.78, 5) is 25.8. The molecule has 24 heavy (non-hydrogen) atoms. The molecule has 1 aliphatic rings. The Morgan fingerprint density at radius 3 is 2.50 bits per heavy atom. The molecule has 1 N–H and O–H groups in total. The van der Waals surface area contributed by atoms with Crippen LogP contribution in [0.5, 0.6) is 0 Å². The molecule has 0 atom stereocenters. The number of carbonyl (C=O) groups is 2. The molecule has 0 aromatic heterocycles. The molecular formula is C20H30N2O2. The molecule has 2 rings (SSSR count). The fraction of sp³-hybridized carbons (Fsp3) is 0.600. The zero-order valence-electron chi connectivity index (χ0n) is 15.0. The zero-order valence-corrected chi connectivity index (χ0v) is 15.0. The molecule has 1 aliphatic carbocycles. The second-order valence-corrected chi connectivity index (χ2v) is 6.94. The van der Waals surface area contributed by atoms with Crippen LogP contribution in [-0.2, 0) is 16.1 Å². The fourth-order valence-corrected chi connectivity index (χ4v) is 3.34. The van der Waals surface area contributed by atoms with E-state index < -0.39 is 0 Å². The molecule has 1 saturated carbocycles. The van der Waals surface area contributed by atoms with Crippen LogP contribution in [-0.4, -0.2) is 29.3 Å². The molecule has 4 heteroatoms. The number of rotatable bonds is 6. The van der Waals surface area contributed by atoms with Gasteiger partial charge in [0.05, 0.1) is 0 Å². The number of benzene rings is 1. The van der Waals surface area contributed by atoms with Crippen molar-refractivity contribution in [2.45, 2.75) is 71.4 Å². The van der Waals surface area contributed by atoms with Gasteiger partial charge >= 0.3 is 0 Å². The van der Waals surface area contributed by atoms with Gasteiger partial charge in [0.15, 0.2) is 0 Å².